The van der Waals surface area contributed by atoms with Crippen molar-refractivity contribution < 1.29 is 24.2 Å². The monoisotopic (exact) mass is 243 g/mol. The molecule has 1 aromatic heterocycles. The summed E-state index contributed by atoms with van der Waals surface area (Å²) >= 11 is 0. The van der Waals surface area contributed by atoms with E-state index in [-0.39, 0.29) is 12.4 Å². The fraction of sp³-hybridized carbons (Fsp3) is 0.556. The number of rotatable bonds is 7. The third kappa shape index (κ3) is 4.60. The van der Waals surface area contributed by atoms with Crippen molar-refractivity contribution in [1.82, 2.24) is 15.1 Å². The van der Waals surface area contributed by atoms with E-state index in [2.05, 4.69) is 10.2 Å². The van der Waals surface area contributed by atoms with Gasteiger partial charge in [-0.3, -0.25) is 14.5 Å². The second kappa shape index (κ2) is 5.94. The van der Waals surface area contributed by atoms with Gasteiger partial charge in [-0.25, -0.2) is 0 Å². The van der Waals surface area contributed by atoms with E-state index in [4.69, 9.17) is 14.6 Å². The zero-order valence-corrected chi connectivity index (χ0v) is 9.29. The van der Waals surface area contributed by atoms with E-state index < -0.39 is 25.0 Å². The molecule has 0 aliphatic heterocycles. The average Bonchev–Trinajstić information content (AvgIpc) is 2.63. The zero-order chi connectivity index (χ0) is 12.8. The minimum absolute atomic E-state index is 0.00556. The van der Waals surface area contributed by atoms with Crippen LogP contribution in [0.4, 0.5) is 0 Å². The van der Waals surface area contributed by atoms with E-state index >= 15 is 0 Å². The van der Waals surface area contributed by atoms with Gasteiger partial charge in [0.2, 0.25) is 11.8 Å². The molecule has 8 heteroatoms. The molecule has 1 heterocycles. The van der Waals surface area contributed by atoms with Crippen molar-refractivity contribution in [1.29, 1.82) is 0 Å². The van der Waals surface area contributed by atoms with Crippen molar-refractivity contribution in [3.8, 4) is 0 Å². The molecule has 0 fully saturated rings. The summed E-state index contributed by atoms with van der Waals surface area (Å²) in [6.45, 7) is 1.06. The van der Waals surface area contributed by atoms with Crippen molar-refractivity contribution in [3.63, 3.8) is 0 Å². The Labute approximate surface area is 96.9 Å². The molecular formula is C9H13N3O5. The molecule has 0 saturated carbocycles. The molecule has 0 spiro atoms. The number of hydrogen-bond donors (Lipinski definition) is 2. The maximum absolute atomic E-state index is 10.5. The predicted octanol–water partition coefficient (Wildman–Crippen LogP) is -0.397. The van der Waals surface area contributed by atoms with Crippen LogP contribution in [-0.2, 0) is 22.6 Å². The fourth-order valence-corrected chi connectivity index (χ4v) is 1.24. The van der Waals surface area contributed by atoms with Gasteiger partial charge < -0.3 is 14.6 Å². The standard InChI is InChI=1S/C9H13N3O5/c1-2-6-10-11-7(17-6)3-12(4-8(13)14)5-9(15)16/h2-5H2,1H3,(H,13,14)(H,15,16). The molecule has 0 atom stereocenters. The molecule has 2 N–H and O–H groups in total. The normalized spacial score (nSPS) is 10.7. The molecule has 8 nitrogen and oxygen atoms in total. The molecule has 94 valence electrons. The lowest BCUT2D eigenvalue weighted by Gasteiger charge is -2.14. The third-order valence-electron chi connectivity index (χ3n) is 1.89. The summed E-state index contributed by atoms with van der Waals surface area (Å²) in [6.07, 6.45) is 0.574. The van der Waals surface area contributed by atoms with Crippen LogP contribution in [0.5, 0.6) is 0 Å². The van der Waals surface area contributed by atoms with Gasteiger partial charge in [-0.05, 0) is 0 Å². The Hall–Kier alpha value is -1.96. The molecule has 0 aliphatic carbocycles. The van der Waals surface area contributed by atoms with Gasteiger partial charge in [-0.1, -0.05) is 6.92 Å². The van der Waals surface area contributed by atoms with Crippen molar-refractivity contribution in [2.24, 2.45) is 0 Å². The lowest BCUT2D eigenvalue weighted by molar-refractivity contribution is -0.142. The van der Waals surface area contributed by atoms with E-state index in [1.54, 1.807) is 0 Å². The van der Waals surface area contributed by atoms with Crippen LogP contribution in [0.2, 0.25) is 0 Å². The number of carboxylic acids is 2. The molecular weight excluding hydrogens is 230 g/mol. The van der Waals surface area contributed by atoms with Crippen molar-refractivity contribution in [2.45, 2.75) is 19.9 Å². The van der Waals surface area contributed by atoms with E-state index in [9.17, 15) is 9.59 Å². The molecule has 0 saturated heterocycles. The first-order chi connectivity index (χ1) is 8.01. The van der Waals surface area contributed by atoms with Gasteiger partial charge in [0.25, 0.3) is 0 Å². The molecule has 0 radical (unpaired) electrons. The van der Waals surface area contributed by atoms with Crippen LogP contribution < -0.4 is 0 Å². The largest absolute Gasteiger partial charge is 0.480 e. The second-order valence-electron chi connectivity index (χ2n) is 3.38. The highest BCUT2D eigenvalue weighted by Crippen LogP contribution is 2.04. The zero-order valence-electron chi connectivity index (χ0n) is 9.29. The summed E-state index contributed by atoms with van der Waals surface area (Å²) in [5.41, 5.74) is 0. The van der Waals surface area contributed by atoms with Gasteiger partial charge in [0.05, 0.1) is 19.6 Å². The molecule has 17 heavy (non-hydrogen) atoms. The van der Waals surface area contributed by atoms with Gasteiger partial charge >= 0.3 is 11.9 Å². The van der Waals surface area contributed by atoms with Gasteiger partial charge in [-0.2, -0.15) is 0 Å². The maximum Gasteiger partial charge on any atom is 0.317 e. The lowest BCUT2D eigenvalue weighted by atomic mass is 10.4. The summed E-state index contributed by atoms with van der Waals surface area (Å²) in [7, 11) is 0. The Kier molecular flexibility index (Phi) is 4.58. The van der Waals surface area contributed by atoms with Crippen LogP contribution in [0.25, 0.3) is 0 Å². The molecule has 0 aromatic carbocycles. The number of aromatic nitrogens is 2. The van der Waals surface area contributed by atoms with E-state index in [0.717, 1.165) is 0 Å². The fourth-order valence-electron chi connectivity index (χ4n) is 1.24. The van der Waals surface area contributed by atoms with E-state index in [0.29, 0.717) is 12.3 Å². The second-order valence-corrected chi connectivity index (χ2v) is 3.38. The van der Waals surface area contributed by atoms with Crippen LogP contribution in [0.3, 0.4) is 0 Å². The Balaban J connectivity index is 2.64. The average molecular weight is 243 g/mol. The Bertz CT molecular complexity index is 387. The van der Waals surface area contributed by atoms with Gasteiger partial charge in [0.15, 0.2) is 0 Å². The minimum atomic E-state index is -1.11. The maximum atomic E-state index is 10.5. The predicted molar refractivity (Wildman–Crippen MR) is 54.2 cm³/mol. The molecule has 1 aromatic rings. The first-order valence-corrected chi connectivity index (χ1v) is 4.98. The highest BCUT2D eigenvalue weighted by atomic mass is 16.4. The summed E-state index contributed by atoms with van der Waals surface area (Å²) in [6, 6.07) is 0. The topological polar surface area (TPSA) is 117 Å². The number of nitrogens with zero attached hydrogens (tertiary/aromatic N) is 3. The van der Waals surface area contributed by atoms with Crippen molar-refractivity contribution in [3.05, 3.63) is 11.8 Å². The summed E-state index contributed by atoms with van der Waals surface area (Å²) in [4.78, 5) is 22.3. The molecule has 0 bridgehead atoms. The first kappa shape index (κ1) is 13.1. The van der Waals surface area contributed by atoms with E-state index in [1.165, 1.54) is 4.90 Å². The number of carboxylic acid groups (broad SMARTS) is 2. The summed E-state index contributed by atoms with van der Waals surface area (Å²) < 4.78 is 5.18. The number of carbonyl (C=O) groups is 2. The summed E-state index contributed by atoms with van der Waals surface area (Å²) in [5, 5.41) is 24.7. The molecule has 0 aliphatic rings. The van der Waals surface area contributed by atoms with E-state index in [1.807, 2.05) is 6.92 Å². The van der Waals surface area contributed by atoms with Crippen molar-refractivity contribution in [2.75, 3.05) is 13.1 Å². The Morgan fingerprint density at radius 2 is 1.71 bits per heavy atom. The molecule has 1 rings (SSSR count). The SMILES string of the molecule is CCc1nnc(CN(CC(=O)O)CC(=O)O)o1. The van der Waals surface area contributed by atoms with Crippen molar-refractivity contribution >= 4 is 11.9 Å². The number of aryl methyl sites for hydroxylation is 1. The molecule has 0 amide bonds. The molecule has 0 unspecified atom stereocenters. The van der Waals surface area contributed by atoms with Crippen LogP contribution in [-0.4, -0.2) is 50.3 Å². The lowest BCUT2D eigenvalue weighted by Crippen LogP contribution is -2.34. The van der Waals surface area contributed by atoms with Crippen LogP contribution in [0, 0.1) is 0 Å². The Morgan fingerprint density at radius 1 is 1.18 bits per heavy atom. The van der Waals surface area contributed by atoms with Gasteiger partial charge in [-0.15, -0.1) is 10.2 Å². The van der Waals surface area contributed by atoms with Crippen LogP contribution >= 0.6 is 0 Å². The minimum Gasteiger partial charge on any atom is -0.480 e. The quantitative estimate of drug-likeness (QED) is 0.664. The highest BCUT2D eigenvalue weighted by molar-refractivity contribution is 5.72. The van der Waals surface area contributed by atoms with Gasteiger partial charge in [0.1, 0.15) is 0 Å². The van der Waals surface area contributed by atoms with Crippen LogP contribution in [0.15, 0.2) is 4.42 Å². The third-order valence-corrected chi connectivity index (χ3v) is 1.89. The summed E-state index contributed by atoms with van der Waals surface area (Å²) in [5.74, 6) is -1.57. The van der Waals surface area contributed by atoms with Gasteiger partial charge in [0, 0.05) is 6.42 Å². The smallest absolute Gasteiger partial charge is 0.317 e. The number of aliphatic carboxylic acids is 2. The Morgan fingerprint density at radius 3 is 2.12 bits per heavy atom. The van der Waals surface area contributed by atoms with Crippen LogP contribution in [0.1, 0.15) is 18.7 Å². The first-order valence-electron chi connectivity index (χ1n) is 4.98. The number of hydrogen-bond acceptors (Lipinski definition) is 6. The highest BCUT2D eigenvalue weighted by Gasteiger charge is 2.16.